The van der Waals surface area contributed by atoms with Gasteiger partial charge in [-0.3, -0.25) is 4.79 Å². The predicted molar refractivity (Wildman–Crippen MR) is 68.7 cm³/mol. The van der Waals surface area contributed by atoms with Crippen LogP contribution in [0.25, 0.3) is 0 Å². The molecule has 3 unspecified atom stereocenters. The van der Waals surface area contributed by atoms with Crippen LogP contribution in [0, 0.1) is 5.92 Å². The number of hydrogen-bond acceptors (Lipinski definition) is 2. The Balaban J connectivity index is 2.36. The zero-order chi connectivity index (χ0) is 12.1. The number of hydrogen-bond donors (Lipinski definition) is 1. The van der Waals surface area contributed by atoms with Crippen LogP contribution < -0.4 is 5.32 Å². The van der Waals surface area contributed by atoms with Crippen molar-refractivity contribution in [1.82, 2.24) is 5.32 Å². The molecule has 0 saturated carbocycles. The van der Waals surface area contributed by atoms with Crippen LogP contribution in [0.5, 0.6) is 0 Å². The van der Waals surface area contributed by atoms with Gasteiger partial charge in [-0.25, -0.2) is 0 Å². The summed E-state index contributed by atoms with van der Waals surface area (Å²) < 4.78 is 5.55. The quantitative estimate of drug-likeness (QED) is 0.791. The van der Waals surface area contributed by atoms with Crippen molar-refractivity contribution < 1.29 is 9.53 Å². The van der Waals surface area contributed by atoms with Crippen molar-refractivity contribution in [2.45, 2.75) is 58.3 Å². The first-order valence-corrected chi connectivity index (χ1v) is 7.16. The third-order valence-corrected chi connectivity index (χ3v) is 3.59. The molecule has 0 spiro atoms. The van der Waals surface area contributed by atoms with E-state index < -0.39 is 0 Å². The Hall–Kier alpha value is -0.0900. The highest BCUT2D eigenvalue weighted by Crippen LogP contribution is 2.19. The molecule has 16 heavy (non-hydrogen) atoms. The van der Waals surface area contributed by atoms with Gasteiger partial charge in [0, 0.05) is 11.4 Å². The molecule has 1 rings (SSSR count). The fourth-order valence-electron chi connectivity index (χ4n) is 2.02. The molecule has 1 N–H and O–H groups in total. The molecule has 0 aromatic heterocycles. The van der Waals surface area contributed by atoms with Crippen molar-refractivity contribution in [3.8, 4) is 0 Å². The fraction of sp³-hybridized carbons (Fsp3) is 0.917. The number of halogens is 1. The summed E-state index contributed by atoms with van der Waals surface area (Å²) in [5.41, 5.74) is 0. The van der Waals surface area contributed by atoms with Gasteiger partial charge in [0.1, 0.15) is 6.10 Å². The number of nitrogens with one attached hydrogen (secondary N) is 1. The predicted octanol–water partition coefficient (Wildman–Crippen LogP) is 2.48. The van der Waals surface area contributed by atoms with E-state index in [2.05, 4.69) is 35.1 Å². The molecule has 1 saturated heterocycles. The van der Waals surface area contributed by atoms with Crippen molar-refractivity contribution in [2.75, 3.05) is 5.33 Å². The summed E-state index contributed by atoms with van der Waals surface area (Å²) in [4.78, 5) is 11.9. The van der Waals surface area contributed by atoms with Crippen molar-refractivity contribution in [1.29, 1.82) is 0 Å². The lowest BCUT2D eigenvalue weighted by Crippen LogP contribution is -2.42. The van der Waals surface area contributed by atoms with Crippen LogP contribution in [-0.2, 0) is 9.53 Å². The van der Waals surface area contributed by atoms with Gasteiger partial charge < -0.3 is 10.1 Å². The van der Waals surface area contributed by atoms with Crippen LogP contribution in [0.3, 0.4) is 0 Å². The molecular weight excluding hydrogens is 270 g/mol. The standard InChI is InChI=1S/C12H22BrNO2/c1-8(2)6-10(7-13)14-12(15)11-5-4-9(3)16-11/h8-11H,4-7H2,1-3H3,(H,14,15). The number of ether oxygens (including phenoxy) is 1. The smallest absolute Gasteiger partial charge is 0.249 e. The zero-order valence-corrected chi connectivity index (χ0v) is 11.9. The van der Waals surface area contributed by atoms with E-state index in [0.29, 0.717) is 5.92 Å². The summed E-state index contributed by atoms with van der Waals surface area (Å²) in [5, 5.41) is 3.85. The van der Waals surface area contributed by atoms with Gasteiger partial charge in [-0.1, -0.05) is 29.8 Å². The van der Waals surface area contributed by atoms with E-state index in [-0.39, 0.29) is 24.2 Å². The Bertz CT molecular complexity index is 233. The lowest BCUT2D eigenvalue weighted by atomic mass is 10.0. The SMILES string of the molecule is CC(C)CC(CBr)NC(=O)C1CCC(C)O1. The van der Waals surface area contributed by atoms with Crippen LogP contribution in [0.15, 0.2) is 0 Å². The Labute approximate surface area is 106 Å². The van der Waals surface area contributed by atoms with Crippen LogP contribution >= 0.6 is 15.9 Å². The lowest BCUT2D eigenvalue weighted by molar-refractivity contribution is -0.132. The van der Waals surface area contributed by atoms with Crippen molar-refractivity contribution in [3.63, 3.8) is 0 Å². The normalized spacial score (nSPS) is 27.1. The van der Waals surface area contributed by atoms with Crippen molar-refractivity contribution in [3.05, 3.63) is 0 Å². The highest BCUT2D eigenvalue weighted by Gasteiger charge is 2.29. The third kappa shape index (κ3) is 4.42. The minimum Gasteiger partial charge on any atom is -0.365 e. The molecule has 94 valence electrons. The largest absolute Gasteiger partial charge is 0.365 e. The average molecular weight is 292 g/mol. The van der Waals surface area contributed by atoms with E-state index in [1.165, 1.54) is 0 Å². The summed E-state index contributed by atoms with van der Waals surface area (Å²) in [6.45, 7) is 6.34. The summed E-state index contributed by atoms with van der Waals surface area (Å²) in [7, 11) is 0. The summed E-state index contributed by atoms with van der Waals surface area (Å²) in [5.74, 6) is 0.640. The fourth-order valence-corrected chi connectivity index (χ4v) is 2.45. The molecule has 1 aliphatic rings. The summed E-state index contributed by atoms with van der Waals surface area (Å²) >= 11 is 3.44. The summed E-state index contributed by atoms with van der Waals surface area (Å²) in [6, 6.07) is 0.215. The van der Waals surface area contributed by atoms with Crippen LogP contribution in [0.1, 0.15) is 40.0 Å². The van der Waals surface area contributed by atoms with Gasteiger partial charge in [0.15, 0.2) is 0 Å². The number of amides is 1. The molecule has 1 amide bonds. The van der Waals surface area contributed by atoms with E-state index in [0.717, 1.165) is 24.6 Å². The molecule has 4 heteroatoms. The van der Waals surface area contributed by atoms with Gasteiger partial charge in [-0.15, -0.1) is 0 Å². The molecular formula is C12H22BrNO2. The molecule has 0 aromatic carbocycles. The molecule has 3 nitrogen and oxygen atoms in total. The Morgan fingerprint density at radius 1 is 1.50 bits per heavy atom. The van der Waals surface area contributed by atoms with E-state index in [1.54, 1.807) is 0 Å². The molecule has 0 aromatic rings. The molecule has 0 aliphatic carbocycles. The molecule has 0 radical (unpaired) electrons. The highest BCUT2D eigenvalue weighted by atomic mass is 79.9. The highest BCUT2D eigenvalue weighted by molar-refractivity contribution is 9.09. The van der Waals surface area contributed by atoms with Crippen LogP contribution in [-0.4, -0.2) is 29.5 Å². The Morgan fingerprint density at radius 2 is 2.19 bits per heavy atom. The number of carbonyl (C=O) groups excluding carboxylic acids is 1. The van der Waals surface area contributed by atoms with E-state index in [1.807, 2.05) is 6.92 Å². The minimum absolute atomic E-state index is 0.0504. The van der Waals surface area contributed by atoms with Crippen molar-refractivity contribution in [2.24, 2.45) is 5.92 Å². The van der Waals surface area contributed by atoms with E-state index in [9.17, 15) is 4.79 Å². The monoisotopic (exact) mass is 291 g/mol. The zero-order valence-electron chi connectivity index (χ0n) is 10.3. The third-order valence-electron chi connectivity index (χ3n) is 2.81. The molecule has 1 heterocycles. The summed E-state index contributed by atoms with van der Waals surface area (Å²) in [6.07, 6.45) is 2.83. The van der Waals surface area contributed by atoms with Gasteiger partial charge in [0.2, 0.25) is 5.91 Å². The maximum atomic E-state index is 11.9. The maximum absolute atomic E-state index is 11.9. The van der Waals surface area contributed by atoms with Crippen LogP contribution in [0.2, 0.25) is 0 Å². The van der Waals surface area contributed by atoms with E-state index in [4.69, 9.17) is 4.74 Å². The molecule has 3 atom stereocenters. The van der Waals surface area contributed by atoms with Gasteiger partial charge in [0.25, 0.3) is 0 Å². The Kier molecular flexibility index (Phi) is 5.76. The molecule has 0 bridgehead atoms. The van der Waals surface area contributed by atoms with Gasteiger partial charge in [0.05, 0.1) is 6.10 Å². The molecule has 1 fully saturated rings. The first-order chi connectivity index (χ1) is 7.52. The number of rotatable bonds is 5. The van der Waals surface area contributed by atoms with Gasteiger partial charge >= 0.3 is 0 Å². The minimum atomic E-state index is -0.233. The first kappa shape index (κ1) is 14.0. The van der Waals surface area contributed by atoms with Crippen molar-refractivity contribution >= 4 is 21.8 Å². The number of carbonyl (C=O) groups is 1. The maximum Gasteiger partial charge on any atom is 0.249 e. The average Bonchev–Trinajstić information content (AvgIpc) is 2.63. The van der Waals surface area contributed by atoms with Gasteiger partial charge in [-0.2, -0.15) is 0 Å². The topological polar surface area (TPSA) is 38.3 Å². The Morgan fingerprint density at radius 3 is 2.62 bits per heavy atom. The van der Waals surface area contributed by atoms with Gasteiger partial charge in [-0.05, 0) is 32.1 Å². The molecule has 1 aliphatic heterocycles. The first-order valence-electron chi connectivity index (χ1n) is 6.04. The second-order valence-electron chi connectivity index (χ2n) is 5.00. The second kappa shape index (κ2) is 6.60. The second-order valence-corrected chi connectivity index (χ2v) is 5.65. The number of alkyl halides is 1. The lowest BCUT2D eigenvalue weighted by Gasteiger charge is -2.20. The van der Waals surface area contributed by atoms with Crippen LogP contribution in [0.4, 0.5) is 0 Å². The van der Waals surface area contributed by atoms with E-state index >= 15 is 0 Å².